The van der Waals surface area contributed by atoms with Crippen molar-refractivity contribution in [3.63, 3.8) is 0 Å². The minimum absolute atomic E-state index is 0.163. The lowest BCUT2D eigenvalue weighted by Gasteiger charge is -2.10. The number of hydrogen-bond donors (Lipinski definition) is 2. The van der Waals surface area contributed by atoms with Crippen molar-refractivity contribution in [1.29, 1.82) is 0 Å². The Labute approximate surface area is 70.9 Å². The molecule has 1 rings (SSSR count). The van der Waals surface area contributed by atoms with E-state index in [2.05, 4.69) is 0 Å². The first-order valence-corrected chi connectivity index (χ1v) is 3.77. The van der Waals surface area contributed by atoms with Crippen LogP contribution in [0.4, 0.5) is 0 Å². The second-order valence-corrected chi connectivity index (χ2v) is 2.62. The van der Waals surface area contributed by atoms with Gasteiger partial charge in [-0.3, -0.25) is 0 Å². The van der Waals surface area contributed by atoms with Crippen LogP contribution in [0.25, 0.3) is 0 Å². The van der Waals surface area contributed by atoms with Crippen molar-refractivity contribution in [2.75, 3.05) is 0 Å². The Morgan fingerprint density at radius 1 is 1.17 bits per heavy atom. The Bertz CT molecular complexity index is 220. The van der Waals surface area contributed by atoms with Crippen LogP contribution in [0.2, 0.25) is 0 Å². The first kappa shape index (κ1) is 9.19. The number of hydrogen-bond acceptors (Lipinski definition) is 2. The molecule has 12 heavy (non-hydrogen) atoms. The zero-order valence-electron chi connectivity index (χ0n) is 6.55. The second kappa shape index (κ2) is 4.21. The summed E-state index contributed by atoms with van der Waals surface area (Å²) in [5.74, 6) is 0. The topological polar surface area (TPSA) is 60.4 Å². The van der Waals surface area contributed by atoms with Crippen molar-refractivity contribution < 1.29 is 15.3 Å². The molecule has 0 saturated heterocycles. The van der Waals surface area contributed by atoms with Crippen LogP contribution >= 0.6 is 0 Å². The molecule has 3 heteroatoms. The molecular weight excluding hydrogens is 156 g/mol. The van der Waals surface area contributed by atoms with E-state index in [9.17, 15) is 10.2 Å². The minimum Gasteiger partial charge on any atom is -0.388 e. The molecule has 0 aliphatic rings. The van der Waals surface area contributed by atoms with E-state index >= 15 is 0 Å². The van der Waals surface area contributed by atoms with E-state index in [0.29, 0.717) is 5.56 Å². The van der Waals surface area contributed by atoms with Crippen LogP contribution in [0.15, 0.2) is 30.3 Å². The van der Waals surface area contributed by atoms with Crippen LogP contribution in [0.3, 0.4) is 0 Å². The Hall–Kier alpha value is -0.900. The molecule has 0 aliphatic carbocycles. The number of rotatable bonds is 3. The van der Waals surface area contributed by atoms with Gasteiger partial charge in [-0.15, -0.1) is 0 Å². The van der Waals surface area contributed by atoms with E-state index in [1.54, 1.807) is 24.3 Å². The molecule has 0 bridgehead atoms. The predicted octanol–water partition coefficient (Wildman–Crippen LogP) is 0.859. The van der Waals surface area contributed by atoms with Gasteiger partial charge < -0.3 is 10.2 Å². The summed E-state index contributed by atoms with van der Waals surface area (Å²) in [5, 5.41) is 28.1. The maximum Gasteiger partial charge on any atom is 0.191 e. The Kier molecular flexibility index (Phi) is 3.22. The average molecular weight is 167 g/mol. The van der Waals surface area contributed by atoms with Gasteiger partial charge >= 0.3 is 0 Å². The average Bonchev–Trinajstić information content (AvgIpc) is 2.05. The Balaban J connectivity index is 2.59. The summed E-state index contributed by atoms with van der Waals surface area (Å²) in [7, 11) is 0. The van der Waals surface area contributed by atoms with Crippen LogP contribution in [-0.4, -0.2) is 16.5 Å². The molecule has 2 unspecified atom stereocenters. The zero-order chi connectivity index (χ0) is 8.97. The molecule has 0 saturated carbocycles. The lowest BCUT2D eigenvalue weighted by molar-refractivity contribution is -0.115. The van der Waals surface area contributed by atoms with Gasteiger partial charge in [0.15, 0.2) is 6.29 Å². The quantitative estimate of drug-likeness (QED) is 0.656. The summed E-state index contributed by atoms with van der Waals surface area (Å²) in [4.78, 5) is 0. The van der Waals surface area contributed by atoms with Crippen molar-refractivity contribution in [3.8, 4) is 0 Å². The molecule has 0 amide bonds. The standard InChI is InChI=1S/C9H11O3/c10-8(6-9(11)12)7-4-2-1-3-5-7/h1-5,8-11H,6H2. The van der Waals surface area contributed by atoms with Gasteiger partial charge in [0.05, 0.1) is 6.10 Å². The van der Waals surface area contributed by atoms with E-state index in [1.165, 1.54) is 0 Å². The molecule has 0 heterocycles. The summed E-state index contributed by atoms with van der Waals surface area (Å²) in [6.45, 7) is 0. The van der Waals surface area contributed by atoms with Gasteiger partial charge in [0.1, 0.15) is 0 Å². The lowest BCUT2D eigenvalue weighted by Crippen LogP contribution is -2.09. The van der Waals surface area contributed by atoms with Crippen LogP contribution in [-0.2, 0) is 5.11 Å². The van der Waals surface area contributed by atoms with Crippen LogP contribution < -0.4 is 0 Å². The predicted molar refractivity (Wildman–Crippen MR) is 42.7 cm³/mol. The third kappa shape index (κ3) is 2.62. The molecule has 0 aliphatic heterocycles. The van der Waals surface area contributed by atoms with Gasteiger partial charge in [0.25, 0.3) is 0 Å². The summed E-state index contributed by atoms with van der Waals surface area (Å²) in [5.41, 5.74) is 0.660. The number of benzene rings is 1. The molecule has 65 valence electrons. The molecular formula is C9H11O3. The number of aliphatic hydroxyl groups excluding tert-OH is 2. The van der Waals surface area contributed by atoms with Crippen LogP contribution in [0.5, 0.6) is 0 Å². The molecule has 0 spiro atoms. The van der Waals surface area contributed by atoms with Gasteiger partial charge in [-0.05, 0) is 5.56 Å². The highest BCUT2D eigenvalue weighted by molar-refractivity contribution is 5.17. The van der Waals surface area contributed by atoms with Gasteiger partial charge in [-0.1, -0.05) is 30.3 Å². The summed E-state index contributed by atoms with van der Waals surface area (Å²) >= 11 is 0. The highest BCUT2D eigenvalue weighted by Gasteiger charge is 2.11. The van der Waals surface area contributed by atoms with Gasteiger partial charge in [-0.2, -0.15) is 0 Å². The molecule has 1 radical (unpaired) electrons. The normalized spacial score (nSPS) is 13.3. The maximum absolute atomic E-state index is 10.3. The van der Waals surface area contributed by atoms with Gasteiger partial charge in [-0.25, -0.2) is 5.11 Å². The molecule has 1 aromatic rings. The lowest BCUT2D eigenvalue weighted by atomic mass is 10.1. The fraction of sp³-hybridized carbons (Fsp3) is 0.333. The van der Waals surface area contributed by atoms with Crippen LogP contribution in [0, 0.1) is 0 Å². The largest absolute Gasteiger partial charge is 0.388 e. The molecule has 1 aromatic carbocycles. The van der Waals surface area contributed by atoms with E-state index in [4.69, 9.17) is 5.11 Å². The fourth-order valence-electron chi connectivity index (χ4n) is 1.00. The Morgan fingerprint density at radius 2 is 1.75 bits per heavy atom. The molecule has 0 aromatic heterocycles. The van der Waals surface area contributed by atoms with Crippen molar-refractivity contribution >= 4 is 0 Å². The van der Waals surface area contributed by atoms with Crippen molar-refractivity contribution in [2.24, 2.45) is 0 Å². The molecule has 2 atom stereocenters. The SMILES string of the molecule is [O]C(O)CC(O)c1ccccc1. The van der Waals surface area contributed by atoms with E-state index in [0.717, 1.165) is 0 Å². The van der Waals surface area contributed by atoms with E-state index in [-0.39, 0.29) is 6.42 Å². The molecule has 2 N–H and O–H groups in total. The highest BCUT2D eigenvalue weighted by Crippen LogP contribution is 2.16. The van der Waals surface area contributed by atoms with E-state index in [1.807, 2.05) is 6.07 Å². The maximum atomic E-state index is 10.3. The minimum atomic E-state index is -1.71. The first-order chi connectivity index (χ1) is 5.70. The monoisotopic (exact) mass is 167 g/mol. The smallest absolute Gasteiger partial charge is 0.191 e. The van der Waals surface area contributed by atoms with Gasteiger partial charge in [0.2, 0.25) is 0 Å². The van der Waals surface area contributed by atoms with E-state index < -0.39 is 12.4 Å². The van der Waals surface area contributed by atoms with Gasteiger partial charge in [0, 0.05) is 6.42 Å². The fourth-order valence-corrected chi connectivity index (χ4v) is 1.00. The summed E-state index contributed by atoms with van der Waals surface area (Å²) in [6.07, 6.45) is -2.73. The first-order valence-electron chi connectivity index (χ1n) is 3.77. The number of aliphatic hydroxyl groups is 2. The van der Waals surface area contributed by atoms with Crippen molar-refractivity contribution in [3.05, 3.63) is 35.9 Å². The zero-order valence-corrected chi connectivity index (χ0v) is 6.55. The third-order valence-electron chi connectivity index (χ3n) is 1.61. The third-order valence-corrected chi connectivity index (χ3v) is 1.61. The highest BCUT2D eigenvalue weighted by atomic mass is 16.5. The van der Waals surface area contributed by atoms with Crippen LogP contribution in [0.1, 0.15) is 18.1 Å². The summed E-state index contributed by atoms with van der Waals surface area (Å²) in [6, 6.07) is 8.80. The molecule has 3 nitrogen and oxygen atoms in total. The van der Waals surface area contributed by atoms with Crippen molar-refractivity contribution in [2.45, 2.75) is 18.8 Å². The molecule has 0 fully saturated rings. The second-order valence-electron chi connectivity index (χ2n) is 2.62. The summed E-state index contributed by atoms with van der Waals surface area (Å²) < 4.78 is 0. The Morgan fingerprint density at radius 3 is 2.25 bits per heavy atom. The van der Waals surface area contributed by atoms with Crippen molar-refractivity contribution in [1.82, 2.24) is 0 Å².